The standard InChI is InChI=1S/C13H10F3NO3/c14-9-4-11(16)10(15)3-7(9)12(18)8(13(19)20)5-17-6-1-2-6/h3-6,18H,1-2H2,(H,19,20)/b12-8+,17-5?. The number of carboxylic acid groups (broad SMARTS) is 1. The lowest BCUT2D eigenvalue weighted by molar-refractivity contribution is -0.132. The van der Waals surface area contributed by atoms with Crippen LogP contribution in [0, 0.1) is 17.5 Å². The molecular formula is C13H10F3NO3. The van der Waals surface area contributed by atoms with Crippen molar-refractivity contribution in [1.29, 1.82) is 0 Å². The van der Waals surface area contributed by atoms with Gasteiger partial charge in [0.15, 0.2) is 11.6 Å². The third-order valence-electron chi connectivity index (χ3n) is 2.71. The number of halogens is 3. The molecular weight excluding hydrogens is 275 g/mol. The van der Waals surface area contributed by atoms with Gasteiger partial charge in [0.2, 0.25) is 0 Å². The molecule has 0 bridgehead atoms. The van der Waals surface area contributed by atoms with E-state index in [2.05, 4.69) is 4.99 Å². The minimum Gasteiger partial charge on any atom is -0.506 e. The first-order chi connectivity index (χ1) is 9.40. The molecule has 1 fully saturated rings. The highest BCUT2D eigenvalue weighted by atomic mass is 19.2. The van der Waals surface area contributed by atoms with Crippen molar-refractivity contribution in [2.24, 2.45) is 4.99 Å². The number of aliphatic imine (C=N–C) groups is 1. The summed E-state index contributed by atoms with van der Waals surface area (Å²) in [6, 6.07) is 0.624. The summed E-state index contributed by atoms with van der Waals surface area (Å²) in [6.45, 7) is 0. The van der Waals surface area contributed by atoms with Gasteiger partial charge >= 0.3 is 5.97 Å². The van der Waals surface area contributed by atoms with E-state index < -0.39 is 40.3 Å². The fourth-order valence-electron chi connectivity index (χ4n) is 1.47. The van der Waals surface area contributed by atoms with E-state index in [1.807, 2.05) is 0 Å². The maximum Gasteiger partial charge on any atom is 0.341 e. The molecule has 0 radical (unpaired) electrons. The SMILES string of the molecule is O=C(O)/C(C=NC1CC1)=C(/O)c1cc(F)c(F)cc1F. The Morgan fingerprint density at radius 3 is 2.30 bits per heavy atom. The number of aliphatic hydroxyl groups is 1. The molecule has 0 atom stereocenters. The summed E-state index contributed by atoms with van der Waals surface area (Å²) in [5, 5.41) is 18.7. The summed E-state index contributed by atoms with van der Waals surface area (Å²) in [6.07, 6.45) is 2.52. The Morgan fingerprint density at radius 2 is 1.75 bits per heavy atom. The minimum atomic E-state index is -1.55. The van der Waals surface area contributed by atoms with E-state index in [-0.39, 0.29) is 12.1 Å². The zero-order valence-electron chi connectivity index (χ0n) is 10.1. The normalized spacial score (nSPS) is 16.4. The molecule has 7 heteroatoms. The Hall–Kier alpha value is -2.31. The molecule has 2 N–H and O–H groups in total. The summed E-state index contributed by atoms with van der Waals surface area (Å²) in [5.41, 5.74) is -1.41. The Kier molecular flexibility index (Phi) is 3.78. The van der Waals surface area contributed by atoms with Crippen LogP contribution in [0.1, 0.15) is 18.4 Å². The third kappa shape index (κ3) is 2.98. The second kappa shape index (κ2) is 5.36. The number of carboxylic acids is 1. The summed E-state index contributed by atoms with van der Waals surface area (Å²) in [4.78, 5) is 14.9. The number of aliphatic carboxylic acids is 1. The Bertz CT molecular complexity index is 622. The summed E-state index contributed by atoms with van der Waals surface area (Å²) in [5.74, 6) is -6.63. The van der Waals surface area contributed by atoms with Crippen LogP contribution in [0.4, 0.5) is 13.2 Å². The van der Waals surface area contributed by atoms with Crippen LogP contribution in [0.3, 0.4) is 0 Å². The van der Waals surface area contributed by atoms with Crippen LogP contribution in [0.25, 0.3) is 5.76 Å². The van der Waals surface area contributed by atoms with Crippen molar-refractivity contribution in [3.8, 4) is 0 Å². The van der Waals surface area contributed by atoms with Crippen molar-refractivity contribution >= 4 is 17.9 Å². The summed E-state index contributed by atoms with van der Waals surface area (Å²) >= 11 is 0. The first kappa shape index (κ1) is 14.1. The highest BCUT2D eigenvalue weighted by molar-refractivity contribution is 6.14. The average molecular weight is 285 g/mol. The van der Waals surface area contributed by atoms with Crippen LogP contribution in [0.5, 0.6) is 0 Å². The zero-order valence-corrected chi connectivity index (χ0v) is 10.1. The number of hydrogen-bond donors (Lipinski definition) is 2. The van der Waals surface area contributed by atoms with E-state index in [0.717, 1.165) is 19.1 Å². The number of hydrogen-bond acceptors (Lipinski definition) is 3. The van der Waals surface area contributed by atoms with Gasteiger partial charge in [0.25, 0.3) is 0 Å². The molecule has 0 amide bonds. The van der Waals surface area contributed by atoms with E-state index in [4.69, 9.17) is 5.11 Å². The number of carbonyl (C=O) groups is 1. The molecule has 0 spiro atoms. The van der Waals surface area contributed by atoms with Crippen molar-refractivity contribution in [2.75, 3.05) is 0 Å². The smallest absolute Gasteiger partial charge is 0.341 e. The molecule has 1 saturated carbocycles. The molecule has 0 heterocycles. The number of benzene rings is 1. The second-order valence-electron chi connectivity index (χ2n) is 4.32. The predicted octanol–water partition coefficient (Wildman–Crippen LogP) is 2.69. The van der Waals surface area contributed by atoms with Gasteiger partial charge in [-0.3, -0.25) is 4.99 Å². The molecule has 1 aliphatic rings. The van der Waals surface area contributed by atoms with E-state index in [9.17, 15) is 23.1 Å². The molecule has 1 aromatic carbocycles. The molecule has 0 aromatic heterocycles. The van der Waals surface area contributed by atoms with E-state index in [0.29, 0.717) is 6.07 Å². The van der Waals surface area contributed by atoms with Gasteiger partial charge in [-0.05, 0) is 18.9 Å². The van der Waals surface area contributed by atoms with Crippen molar-refractivity contribution in [1.82, 2.24) is 0 Å². The molecule has 0 unspecified atom stereocenters. The quantitative estimate of drug-likeness (QED) is 0.387. The van der Waals surface area contributed by atoms with Gasteiger partial charge in [0.1, 0.15) is 17.1 Å². The Morgan fingerprint density at radius 1 is 1.15 bits per heavy atom. The van der Waals surface area contributed by atoms with Gasteiger partial charge in [0.05, 0.1) is 11.6 Å². The molecule has 4 nitrogen and oxygen atoms in total. The van der Waals surface area contributed by atoms with Crippen LogP contribution in [0.2, 0.25) is 0 Å². The number of rotatable bonds is 4. The van der Waals surface area contributed by atoms with Gasteiger partial charge in [-0.2, -0.15) is 0 Å². The minimum absolute atomic E-state index is 0.00745. The lowest BCUT2D eigenvalue weighted by atomic mass is 10.1. The third-order valence-corrected chi connectivity index (χ3v) is 2.71. The molecule has 20 heavy (non-hydrogen) atoms. The summed E-state index contributed by atoms with van der Waals surface area (Å²) < 4.78 is 39.3. The van der Waals surface area contributed by atoms with Crippen LogP contribution in [-0.4, -0.2) is 28.4 Å². The van der Waals surface area contributed by atoms with Crippen molar-refractivity contribution < 1.29 is 28.2 Å². The molecule has 0 saturated heterocycles. The second-order valence-corrected chi connectivity index (χ2v) is 4.32. The van der Waals surface area contributed by atoms with E-state index in [1.165, 1.54) is 0 Å². The molecule has 1 aromatic rings. The molecule has 0 aliphatic heterocycles. The van der Waals surface area contributed by atoms with Gasteiger partial charge in [-0.25, -0.2) is 18.0 Å². The van der Waals surface area contributed by atoms with Crippen LogP contribution in [0.15, 0.2) is 22.7 Å². The number of nitrogens with zero attached hydrogens (tertiary/aromatic N) is 1. The van der Waals surface area contributed by atoms with Gasteiger partial charge < -0.3 is 10.2 Å². The largest absolute Gasteiger partial charge is 0.506 e. The zero-order chi connectivity index (χ0) is 14.9. The van der Waals surface area contributed by atoms with Gasteiger partial charge in [0, 0.05) is 12.3 Å². The van der Waals surface area contributed by atoms with Crippen LogP contribution < -0.4 is 0 Å². The van der Waals surface area contributed by atoms with Crippen molar-refractivity contribution in [3.63, 3.8) is 0 Å². The van der Waals surface area contributed by atoms with Crippen molar-refractivity contribution in [3.05, 3.63) is 40.7 Å². The van der Waals surface area contributed by atoms with Crippen LogP contribution >= 0.6 is 0 Å². The van der Waals surface area contributed by atoms with Crippen LogP contribution in [-0.2, 0) is 4.79 Å². The molecule has 2 rings (SSSR count). The maximum absolute atomic E-state index is 13.5. The fourth-order valence-corrected chi connectivity index (χ4v) is 1.47. The van der Waals surface area contributed by atoms with E-state index in [1.54, 1.807) is 0 Å². The highest BCUT2D eigenvalue weighted by Gasteiger charge is 2.22. The highest BCUT2D eigenvalue weighted by Crippen LogP contribution is 2.25. The lowest BCUT2D eigenvalue weighted by Gasteiger charge is -2.05. The Labute approximate surface area is 111 Å². The average Bonchev–Trinajstić information content (AvgIpc) is 3.17. The fraction of sp³-hybridized carbons (Fsp3) is 0.231. The first-order valence-electron chi connectivity index (χ1n) is 5.74. The first-order valence-corrected chi connectivity index (χ1v) is 5.74. The number of aliphatic hydroxyl groups excluding tert-OH is 1. The van der Waals surface area contributed by atoms with Gasteiger partial charge in [-0.1, -0.05) is 0 Å². The van der Waals surface area contributed by atoms with Gasteiger partial charge in [-0.15, -0.1) is 0 Å². The summed E-state index contributed by atoms with van der Waals surface area (Å²) in [7, 11) is 0. The molecule has 106 valence electrons. The Balaban J connectivity index is 2.48. The lowest BCUT2D eigenvalue weighted by Crippen LogP contribution is -2.07. The van der Waals surface area contributed by atoms with E-state index >= 15 is 0 Å². The predicted molar refractivity (Wildman–Crippen MR) is 65.0 cm³/mol. The van der Waals surface area contributed by atoms with Crippen molar-refractivity contribution in [2.45, 2.75) is 18.9 Å². The monoisotopic (exact) mass is 285 g/mol. The topological polar surface area (TPSA) is 69.9 Å². The molecule has 1 aliphatic carbocycles. The maximum atomic E-state index is 13.5.